The number of hydrogen-bond donors (Lipinski definition) is 1. The summed E-state index contributed by atoms with van der Waals surface area (Å²) in [5.74, 6) is -1.37. The Hall–Kier alpha value is -1.22. The topological polar surface area (TPSA) is 61.8 Å². The number of rotatable bonds is 2. The van der Waals surface area contributed by atoms with Crippen LogP contribution in [-0.2, 0) is 16.0 Å². The molecule has 22 heavy (non-hydrogen) atoms. The number of benzene rings is 1. The molecule has 124 valence electrons. The summed E-state index contributed by atoms with van der Waals surface area (Å²) in [4.78, 5) is -0.982. The van der Waals surface area contributed by atoms with Gasteiger partial charge in [-0.15, -0.1) is 0 Å². The molecule has 0 aliphatic heterocycles. The highest BCUT2D eigenvalue weighted by molar-refractivity contribution is 7.92. The first-order valence-electron chi connectivity index (χ1n) is 6.60. The van der Waals surface area contributed by atoms with Crippen LogP contribution in [0.25, 0.3) is 0 Å². The van der Waals surface area contributed by atoms with Crippen molar-refractivity contribution in [2.75, 3.05) is 0 Å². The van der Waals surface area contributed by atoms with Crippen molar-refractivity contribution in [2.24, 2.45) is 0 Å². The van der Waals surface area contributed by atoms with Crippen LogP contribution >= 0.6 is 0 Å². The van der Waals surface area contributed by atoms with Crippen molar-refractivity contribution in [3.8, 4) is 0 Å². The van der Waals surface area contributed by atoms with E-state index in [1.165, 1.54) is 0 Å². The van der Waals surface area contributed by atoms with E-state index in [1.807, 2.05) is 0 Å². The quantitative estimate of drug-likeness (QED) is 0.838. The molecule has 3 nitrogen and oxygen atoms in total. The molecule has 1 saturated carbocycles. The fraction of sp³-hybridized carbons (Fsp3) is 0.538. The Morgan fingerprint density at radius 3 is 2.18 bits per heavy atom. The molecule has 0 heterocycles. The van der Waals surface area contributed by atoms with E-state index in [9.17, 15) is 30.4 Å². The Morgan fingerprint density at radius 1 is 1.14 bits per heavy atom. The average Bonchev–Trinajstić information content (AvgIpc) is 2.40. The van der Waals surface area contributed by atoms with E-state index in [-0.39, 0.29) is 43.9 Å². The van der Waals surface area contributed by atoms with Gasteiger partial charge in [0.2, 0.25) is 14.8 Å². The zero-order valence-corrected chi connectivity index (χ0v) is 12.3. The van der Waals surface area contributed by atoms with Gasteiger partial charge in [0.15, 0.2) is 0 Å². The Bertz CT molecular complexity index is 663. The summed E-state index contributed by atoms with van der Waals surface area (Å²) in [6.07, 6.45) is -5.22. The number of alkyl halides is 4. The zero-order valence-electron chi connectivity index (χ0n) is 11.5. The number of hydrogen-bond acceptors (Lipinski definition) is 2. The maximum atomic E-state index is 14.7. The molecule has 0 amide bonds. The summed E-state index contributed by atoms with van der Waals surface area (Å²) in [5, 5.41) is -2.68. The Balaban J connectivity index is 2.48. The molecule has 1 aromatic carbocycles. The minimum absolute atomic E-state index is 0.0997. The molecule has 3 N–H and O–H groups in total. The summed E-state index contributed by atoms with van der Waals surface area (Å²) < 4.78 is 90.7. The lowest BCUT2D eigenvalue weighted by Gasteiger charge is -2.30. The highest BCUT2D eigenvalue weighted by atomic mass is 32.2. The van der Waals surface area contributed by atoms with Gasteiger partial charge < -0.3 is 5.73 Å². The molecule has 9 heteroatoms. The van der Waals surface area contributed by atoms with E-state index >= 15 is 0 Å². The maximum Gasteiger partial charge on any atom is 0.416 e. The number of sulfone groups is 1. The van der Waals surface area contributed by atoms with Gasteiger partial charge >= 0.3 is 6.18 Å². The van der Waals surface area contributed by atoms with Gasteiger partial charge in [-0.05, 0) is 18.2 Å². The third-order valence-corrected chi connectivity index (χ3v) is 6.07. The van der Waals surface area contributed by atoms with Crippen LogP contribution in [0.1, 0.15) is 31.2 Å². The van der Waals surface area contributed by atoms with Crippen molar-refractivity contribution in [3.63, 3.8) is 0 Å². The van der Waals surface area contributed by atoms with Gasteiger partial charge in [-0.2, -0.15) is 13.2 Å². The molecule has 1 fully saturated rings. The van der Waals surface area contributed by atoms with E-state index in [0.29, 0.717) is 6.07 Å². The molecule has 0 unspecified atom stereocenters. The van der Waals surface area contributed by atoms with Crippen LogP contribution in [-0.4, -0.2) is 19.5 Å². The Kier molecular flexibility index (Phi) is 4.25. The first-order valence-corrected chi connectivity index (χ1v) is 8.08. The molecule has 0 spiro atoms. The molecule has 1 aliphatic carbocycles. The van der Waals surface area contributed by atoms with Crippen LogP contribution < -0.4 is 5.73 Å². The fourth-order valence-electron chi connectivity index (χ4n) is 2.47. The lowest BCUT2D eigenvalue weighted by molar-refractivity contribution is -0.427. The SMILES string of the molecule is [NH3+]C1CCC(F)(S(=O)(=O)c2cc(F)cc(C(F)(F)F)c2)CC1. The highest BCUT2D eigenvalue weighted by Gasteiger charge is 2.48. The molecule has 0 saturated heterocycles. The predicted octanol–water partition coefficient (Wildman–Crippen LogP) is 2.47. The van der Waals surface area contributed by atoms with Crippen molar-refractivity contribution in [2.45, 2.75) is 47.8 Å². The van der Waals surface area contributed by atoms with E-state index < -0.39 is 37.3 Å². The van der Waals surface area contributed by atoms with Crippen LogP contribution in [0.15, 0.2) is 23.1 Å². The van der Waals surface area contributed by atoms with Crippen molar-refractivity contribution in [3.05, 3.63) is 29.6 Å². The third-order valence-electron chi connectivity index (χ3n) is 3.84. The van der Waals surface area contributed by atoms with Crippen LogP contribution in [0, 0.1) is 5.82 Å². The van der Waals surface area contributed by atoms with Crippen LogP contribution in [0.5, 0.6) is 0 Å². The summed E-state index contributed by atoms with van der Waals surface area (Å²) in [7, 11) is -4.72. The van der Waals surface area contributed by atoms with E-state index in [2.05, 4.69) is 5.73 Å². The first-order chi connectivity index (χ1) is 9.96. The van der Waals surface area contributed by atoms with E-state index in [0.717, 1.165) is 0 Å². The summed E-state index contributed by atoms with van der Waals surface area (Å²) in [6.45, 7) is 0. The zero-order chi connectivity index (χ0) is 16.8. The van der Waals surface area contributed by atoms with Gasteiger partial charge in [-0.3, -0.25) is 0 Å². The standard InChI is InChI=1S/C13H14F5NO2S/c14-9-5-8(13(16,17)18)6-11(7-9)22(20,21)12(15)3-1-10(19)2-4-12/h5-7,10H,1-4,19H2/p+1. The van der Waals surface area contributed by atoms with Gasteiger partial charge in [-0.25, -0.2) is 17.2 Å². The molecular formula is C13H15F5NO2S+. The highest BCUT2D eigenvalue weighted by Crippen LogP contribution is 2.41. The Labute approximate surface area is 124 Å². The molecule has 0 radical (unpaired) electrons. The van der Waals surface area contributed by atoms with Crippen LogP contribution in [0.3, 0.4) is 0 Å². The van der Waals surface area contributed by atoms with Gasteiger partial charge in [-0.1, -0.05) is 0 Å². The second kappa shape index (κ2) is 5.45. The van der Waals surface area contributed by atoms with Gasteiger partial charge in [0.25, 0.3) is 0 Å². The minimum atomic E-state index is -4.92. The lowest BCUT2D eigenvalue weighted by atomic mass is 9.94. The largest absolute Gasteiger partial charge is 0.416 e. The second-order valence-corrected chi connectivity index (χ2v) is 7.71. The smallest absolute Gasteiger partial charge is 0.355 e. The maximum absolute atomic E-state index is 14.7. The Morgan fingerprint density at radius 2 is 1.68 bits per heavy atom. The molecule has 0 aromatic heterocycles. The third kappa shape index (κ3) is 3.10. The summed E-state index contributed by atoms with van der Waals surface area (Å²) >= 11 is 0. The van der Waals surface area contributed by atoms with E-state index in [1.54, 1.807) is 0 Å². The van der Waals surface area contributed by atoms with Crippen molar-refractivity contribution in [1.29, 1.82) is 0 Å². The second-order valence-electron chi connectivity index (χ2n) is 5.50. The van der Waals surface area contributed by atoms with Gasteiger partial charge in [0.1, 0.15) is 5.82 Å². The molecule has 2 rings (SSSR count). The molecular weight excluding hydrogens is 329 g/mol. The minimum Gasteiger partial charge on any atom is -0.355 e. The predicted molar refractivity (Wildman–Crippen MR) is 67.6 cm³/mol. The van der Waals surface area contributed by atoms with Crippen molar-refractivity contribution in [1.82, 2.24) is 0 Å². The van der Waals surface area contributed by atoms with Crippen molar-refractivity contribution >= 4 is 9.84 Å². The number of halogens is 5. The average molecular weight is 344 g/mol. The molecule has 0 bridgehead atoms. The monoisotopic (exact) mass is 344 g/mol. The lowest BCUT2D eigenvalue weighted by Crippen LogP contribution is -2.63. The van der Waals surface area contributed by atoms with Crippen molar-refractivity contribution < 1.29 is 36.1 Å². The fourth-order valence-corrected chi connectivity index (χ4v) is 4.22. The van der Waals surface area contributed by atoms with Crippen LogP contribution in [0.2, 0.25) is 0 Å². The van der Waals surface area contributed by atoms with Gasteiger partial charge in [0, 0.05) is 25.7 Å². The first kappa shape index (κ1) is 17.1. The normalized spacial score (nSPS) is 26.9. The molecule has 0 atom stereocenters. The number of quaternary nitrogens is 1. The molecule has 1 aromatic rings. The van der Waals surface area contributed by atoms with E-state index in [4.69, 9.17) is 0 Å². The van der Waals surface area contributed by atoms with Gasteiger partial charge in [0.05, 0.1) is 16.5 Å². The van der Waals surface area contributed by atoms with Crippen LogP contribution in [0.4, 0.5) is 22.0 Å². The molecule has 1 aliphatic rings. The summed E-state index contributed by atoms with van der Waals surface area (Å²) in [6, 6.07) is 0.770. The summed E-state index contributed by atoms with van der Waals surface area (Å²) in [5.41, 5.74) is 2.25.